The van der Waals surface area contributed by atoms with Crippen molar-refractivity contribution in [3.8, 4) is 11.8 Å². The van der Waals surface area contributed by atoms with Gasteiger partial charge in [0.25, 0.3) is 5.91 Å². The highest BCUT2D eigenvalue weighted by Crippen LogP contribution is 2.29. The van der Waals surface area contributed by atoms with Crippen molar-refractivity contribution in [2.75, 3.05) is 6.61 Å². The number of nitrogens with zero attached hydrogens (tertiary/aromatic N) is 1. The fourth-order valence-electron chi connectivity index (χ4n) is 2.58. The number of fused-ring (bicyclic) bond motifs is 1. The zero-order chi connectivity index (χ0) is 21.1. The summed E-state index contributed by atoms with van der Waals surface area (Å²) >= 11 is 0. The molecule has 2 atom stereocenters. The van der Waals surface area contributed by atoms with Crippen molar-refractivity contribution in [2.45, 2.75) is 53.2 Å². The number of nitrogens with one attached hydrogen (secondary N) is 1. The Morgan fingerprint density at radius 3 is 2.57 bits per heavy atom. The molecule has 0 bridgehead atoms. The van der Waals surface area contributed by atoms with Crippen LogP contribution in [0.3, 0.4) is 0 Å². The third-order valence-electron chi connectivity index (χ3n) is 4.83. The summed E-state index contributed by atoms with van der Waals surface area (Å²) < 4.78 is 16.4. The van der Waals surface area contributed by atoms with Crippen LogP contribution in [0.5, 0.6) is 5.75 Å². The van der Waals surface area contributed by atoms with Crippen molar-refractivity contribution in [2.24, 2.45) is 5.92 Å². The van der Waals surface area contributed by atoms with Crippen molar-refractivity contribution >= 4 is 22.8 Å². The normalized spacial score (nSPS) is 14.2. The highest BCUT2D eigenvalue weighted by molar-refractivity contribution is 5.97. The van der Waals surface area contributed by atoms with E-state index in [1.54, 1.807) is 32.0 Å². The summed E-state index contributed by atoms with van der Waals surface area (Å²) in [4.78, 5) is 24.9. The van der Waals surface area contributed by atoms with Crippen molar-refractivity contribution in [1.82, 2.24) is 5.32 Å². The zero-order valence-corrected chi connectivity index (χ0v) is 17.1. The Morgan fingerprint density at radius 2 is 2.00 bits per heavy atom. The summed E-state index contributed by atoms with van der Waals surface area (Å²) in [5, 5.41) is 12.7. The molecule has 1 N–H and O–H groups in total. The van der Waals surface area contributed by atoms with Gasteiger partial charge in [0.2, 0.25) is 5.76 Å². The molecule has 0 saturated heterocycles. The molecule has 0 saturated carbocycles. The van der Waals surface area contributed by atoms with Crippen LogP contribution in [-0.2, 0) is 9.53 Å². The first-order chi connectivity index (χ1) is 13.1. The van der Waals surface area contributed by atoms with Crippen molar-refractivity contribution in [3.05, 3.63) is 29.5 Å². The second-order valence-electron chi connectivity index (χ2n) is 7.15. The number of amides is 1. The fraction of sp³-hybridized carbons (Fsp3) is 0.476. The van der Waals surface area contributed by atoms with Gasteiger partial charge in [-0.15, -0.1) is 0 Å². The summed E-state index contributed by atoms with van der Waals surface area (Å²) in [5.74, 6) is -0.677. The van der Waals surface area contributed by atoms with Crippen molar-refractivity contribution in [3.63, 3.8) is 0 Å². The van der Waals surface area contributed by atoms with E-state index in [-0.39, 0.29) is 11.7 Å². The molecule has 0 radical (unpaired) electrons. The maximum Gasteiger partial charge on any atom is 0.375 e. The Balaban J connectivity index is 2.17. The predicted octanol–water partition coefficient (Wildman–Crippen LogP) is 3.74. The number of hydrogen-bond donors (Lipinski definition) is 1. The number of carbonyl (C=O) groups is 2. The molecule has 1 aromatic heterocycles. The highest BCUT2D eigenvalue weighted by atomic mass is 16.6. The molecule has 1 aromatic carbocycles. The van der Waals surface area contributed by atoms with Crippen LogP contribution in [0.2, 0.25) is 0 Å². The number of hydrogen-bond acceptors (Lipinski definition) is 6. The second-order valence-corrected chi connectivity index (χ2v) is 7.15. The van der Waals surface area contributed by atoms with Gasteiger partial charge in [0.05, 0.1) is 12.7 Å². The average molecular weight is 386 g/mol. The third kappa shape index (κ3) is 4.28. The molecule has 0 fully saturated rings. The van der Waals surface area contributed by atoms with E-state index in [1.807, 2.05) is 20.8 Å². The monoisotopic (exact) mass is 386 g/mol. The quantitative estimate of drug-likeness (QED) is 0.727. The van der Waals surface area contributed by atoms with Crippen molar-refractivity contribution in [1.29, 1.82) is 5.26 Å². The van der Waals surface area contributed by atoms with Crippen LogP contribution in [0.1, 0.15) is 50.7 Å². The van der Waals surface area contributed by atoms with E-state index in [4.69, 9.17) is 13.9 Å². The molecule has 150 valence electrons. The van der Waals surface area contributed by atoms with Crippen LogP contribution in [0.15, 0.2) is 22.6 Å². The summed E-state index contributed by atoms with van der Waals surface area (Å²) in [6, 6.07) is 7.37. The largest absolute Gasteiger partial charge is 0.494 e. The molecule has 0 aliphatic carbocycles. The molecule has 7 heteroatoms. The minimum Gasteiger partial charge on any atom is -0.494 e. The first-order valence-corrected chi connectivity index (χ1v) is 9.23. The van der Waals surface area contributed by atoms with Crippen LogP contribution in [0.4, 0.5) is 0 Å². The zero-order valence-electron chi connectivity index (χ0n) is 17.1. The van der Waals surface area contributed by atoms with Crippen LogP contribution in [0.25, 0.3) is 11.0 Å². The fourth-order valence-corrected chi connectivity index (χ4v) is 2.58. The van der Waals surface area contributed by atoms with E-state index >= 15 is 0 Å². The molecule has 0 spiro atoms. The molecule has 1 amide bonds. The van der Waals surface area contributed by atoms with Crippen LogP contribution >= 0.6 is 0 Å². The average Bonchev–Trinajstić information content (AvgIpc) is 2.98. The van der Waals surface area contributed by atoms with Gasteiger partial charge in [-0.1, -0.05) is 13.8 Å². The standard InChI is InChI=1S/C21H26N2O5/c1-7-26-15-8-9-17-16(10-15)13(4)18(28-17)20(25)27-14(5)19(24)23-21(6,11-22)12(2)3/h8-10,12,14H,7H2,1-6H3,(H,23,24)/t14-,21-/m1/s1. The minimum absolute atomic E-state index is 0.0372. The highest BCUT2D eigenvalue weighted by Gasteiger charge is 2.33. The van der Waals surface area contributed by atoms with E-state index in [0.29, 0.717) is 23.5 Å². The lowest BCUT2D eigenvalue weighted by Crippen LogP contribution is -2.52. The summed E-state index contributed by atoms with van der Waals surface area (Å²) in [7, 11) is 0. The van der Waals surface area contributed by atoms with E-state index in [9.17, 15) is 14.9 Å². The Hall–Kier alpha value is -3.01. The van der Waals surface area contributed by atoms with Gasteiger partial charge in [0.1, 0.15) is 16.9 Å². The van der Waals surface area contributed by atoms with E-state index < -0.39 is 23.5 Å². The van der Waals surface area contributed by atoms with Crippen LogP contribution < -0.4 is 10.1 Å². The lowest BCUT2D eigenvalue weighted by Gasteiger charge is -2.28. The van der Waals surface area contributed by atoms with E-state index in [2.05, 4.69) is 11.4 Å². The van der Waals surface area contributed by atoms with Gasteiger partial charge in [-0.2, -0.15) is 5.26 Å². The Labute approximate surface area is 164 Å². The smallest absolute Gasteiger partial charge is 0.375 e. The maximum absolute atomic E-state index is 12.5. The molecule has 0 aliphatic rings. The lowest BCUT2D eigenvalue weighted by atomic mass is 9.90. The maximum atomic E-state index is 12.5. The van der Waals surface area contributed by atoms with Gasteiger partial charge >= 0.3 is 5.97 Å². The molecule has 1 heterocycles. The summed E-state index contributed by atoms with van der Waals surface area (Å²) in [6.07, 6.45) is -1.08. The number of benzene rings is 1. The minimum atomic E-state index is -1.08. The van der Waals surface area contributed by atoms with Gasteiger partial charge in [-0.05, 0) is 51.8 Å². The first-order valence-electron chi connectivity index (χ1n) is 9.23. The summed E-state index contributed by atoms with van der Waals surface area (Å²) in [6.45, 7) is 10.9. The van der Waals surface area contributed by atoms with E-state index in [1.165, 1.54) is 6.92 Å². The number of aryl methyl sites for hydroxylation is 1. The van der Waals surface area contributed by atoms with Gasteiger partial charge < -0.3 is 19.2 Å². The number of ether oxygens (including phenoxy) is 2. The van der Waals surface area contributed by atoms with Gasteiger partial charge in [0.15, 0.2) is 6.10 Å². The lowest BCUT2D eigenvalue weighted by molar-refractivity contribution is -0.130. The topological polar surface area (TPSA) is 102 Å². The van der Waals surface area contributed by atoms with E-state index in [0.717, 1.165) is 5.39 Å². The predicted molar refractivity (Wildman–Crippen MR) is 104 cm³/mol. The Morgan fingerprint density at radius 1 is 1.32 bits per heavy atom. The number of carbonyl (C=O) groups excluding carboxylic acids is 2. The van der Waals surface area contributed by atoms with Crippen LogP contribution in [-0.4, -0.2) is 30.1 Å². The number of nitriles is 1. The molecule has 2 aromatic rings. The molecule has 0 aliphatic heterocycles. The molecule has 28 heavy (non-hydrogen) atoms. The van der Waals surface area contributed by atoms with Gasteiger partial charge in [-0.25, -0.2) is 4.79 Å². The number of rotatable bonds is 7. The van der Waals surface area contributed by atoms with Gasteiger partial charge in [0, 0.05) is 10.9 Å². The molecule has 2 rings (SSSR count). The Bertz CT molecular complexity index is 925. The number of esters is 1. The molecule has 0 unspecified atom stereocenters. The molecular formula is C21H26N2O5. The summed E-state index contributed by atoms with van der Waals surface area (Å²) in [5.41, 5.74) is 0.0861. The van der Waals surface area contributed by atoms with Crippen molar-refractivity contribution < 1.29 is 23.5 Å². The Kier molecular flexibility index (Phi) is 6.34. The first kappa shape index (κ1) is 21.3. The van der Waals surface area contributed by atoms with Gasteiger partial charge in [-0.3, -0.25) is 4.79 Å². The third-order valence-corrected chi connectivity index (χ3v) is 4.83. The molecular weight excluding hydrogens is 360 g/mol. The second kappa shape index (κ2) is 8.34. The SMILES string of the molecule is CCOc1ccc2oc(C(=O)O[C@H](C)C(=O)N[C@](C)(C#N)C(C)C)c(C)c2c1. The van der Waals surface area contributed by atoms with Crippen LogP contribution in [0, 0.1) is 24.2 Å². The molecule has 7 nitrogen and oxygen atoms in total. The number of furan rings is 1.